The molecular weight excluding hydrogens is 398 g/mol. The quantitative estimate of drug-likeness (QED) is 0.402. The molecule has 0 atom stereocenters. The molecule has 0 unspecified atom stereocenters. The first-order chi connectivity index (χ1) is 15.6. The zero-order chi connectivity index (χ0) is 21.8. The lowest BCUT2D eigenvalue weighted by atomic mass is 10.0. The minimum absolute atomic E-state index is 0.386. The SMILES string of the molecule is Cc1ccc2c(c1)c1cc(-c3ccc4[nH]c(=O)[nH]c(=O)c4c3)ccc1n2-c1ccccc1. The van der Waals surface area contributed by atoms with E-state index in [0.717, 1.165) is 33.2 Å². The summed E-state index contributed by atoms with van der Waals surface area (Å²) in [5, 5.41) is 2.80. The number of hydrogen-bond acceptors (Lipinski definition) is 2. The maximum Gasteiger partial charge on any atom is 0.326 e. The predicted molar refractivity (Wildman–Crippen MR) is 130 cm³/mol. The van der Waals surface area contributed by atoms with Gasteiger partial charge in [-0.2, -0.15) is 0 Å². The monoisotopic (exact) mass is 417 g/mol. The molecule has 5 nitrogen and oxygen atoms in total. The fourth-order valence-corrected chi connectivity index (χ4v) is 4.52. The van der Waals surface area contributed by atoms with Crippen LogP contribution in [0, 0.1) is 6.92 Å². The van der Waals surface area contributed by atoms with Gasteiger partial charge in [-0.3, -0.25) is 9.78 Å². The molecule has 5 heteroatoms. The number of fused-ring (bicyclic) bond motifs is 4. The van der Waals surface area contributed by atoms with Crippen LogP contribution in [0.3, 0.4) is 0 Å². The number of aryl methyl sites for hydroxylation is 1. The van der Waals surface area contributed by atoms with Crippen LogP contribution in [0.1, 0.15) is 5.56 Å². The Morgan fingerprint density at radius 2 is 1.31 bits per heavy atom. The van der Waals surface area contributed by atoms with Crippen molar-refractivity contribution in [1.29, 1.82) is 0 Å². The molecule has 0 bridgehead atoms. The highest BCUT2D eigenvalue weighted by Gasteiger charge is 2.14. The van der Waals surface area contributed by atoms with Gasteiger partial charge in [-0.25, -0.2) is 4.79 Å². The summed E-state index contributed by atoms with van der Waals surface area (Å²) in [6.07, 6.45) is 0. The van der Waals surface area contributed by atoms with Gasteiger partial charge in [-0.05, 0) is 66.6 Å². The summed E-state index contributed by atoms with van der Waals surface area (Å²) in [6.45, 7) is 2.10. The molecule has 0 aliphatic carbocycles. The van der Waals surface area contributed by atoms with E-state index in [9.17, 15) is 9.59 Å². The molecule has 0 amide bonds. The first kappa shape index (κ1) is 18.4. The molecule has 32 heavy (non-hydrogen) atoms. The third kappa shape index (κ3) is 2.79. The van der Waals surface area contributed by atoms with Gasteiger partial charge >= 0.3 is 5.69 Å². The Morgan fingerprint density at radius 1 is 0.656 bits per heavy atom. The molecule has 2 heterocycles. The van der Waals surface area contributed by atoms with Crippen molar-refractivity contribution < 1.29 is 0 Å². The summed E-state index contributed by atoms with van der Waals surface area (Å²) in [6, 6.07) is 28.8. The van der Waals surface area contributed by atoms with Crippen LogP contribution >= 0.6 is 0 Å². The number of H-pyrrole nitrogens is 2. The average molecular weight is 417 g/mol. The Morgan fingerprint density at radius 3 is 2.09 bits per heavy atom. The number of rotatable bonds is 2. The molecule has 6 rings (SSSR count). The maximum atomic E-state index is 12.3. The fourth-order valence-electron chi connectivity index (χ4n) is 4.52. The van der Waals surface area contributed by atoms with Gasteiger partial charge < -0.3 is 9.55 Å². The first-order valence-corrected chi connectivity index (χ1v) is 10.5. The molecule has 2 aromatic heterocycles. The van der Waals surface area contributed by atoms with Crippen molar-refractivity contribution in [2.45, 2.75) is 6.92 Å². The maximum absolute atomic E-state index is 12.3. The Kier molecular flexibility index (Phi) is 3.92. The van der Waals surface area contributed by atoms with Crippen molar-refractivity contribution in [1.82, 2.24) is 14.5 Å². The summed E-state index contributed by atoms with van der Waals surface area (Å²) in [5.74, 6) is 0. The highest BCUT2D eigenvalue weighted by molar-refractivity contribution is 6.10. The standard InChI is InChI=1S/C27H19N3O2/c1-16-7-11-24-20(13-16)21-14-18(9-12-25(21)30(24)19-5-3-2-4-6-19)17-8-10-23-22(15-17)26(31)29-27(32)28-23/h2-15H,1H3,(H2,28,29,31,32). The lowest BCUT2D eigenvalue weighted by Crippen LogP contribution is -2.21. The van der Waals surface area contributed by atoms with Crippen LogP contribution in [0.2, 0.25) is 0 Å². The minimum Gasteiger partial charge on any atom is -0.309 e. The van der Waals surface area contributed by atoms with E-state index in [1.807, 2.05) is 30.3 Å². The van der Waals surface area contributed by atoms with Gasteiger partial charge in [0.1, 0.15) is 0 Å². The summed E-state index contributed by atoms with van der Waals surface area (Å²) in [4.78, 5) is 28.8. The Bertz CT molecular complexity index is 1770. The van der Waals surface area contributed by atoms with Crippen LogP contribution in [0.15, 0.2) is 94.5 Å². The second-order valence-electron chi connectivity index (χ2n) is 8.09. The smallest absolute Gasteiger partial charge is 0.309 e. The van der Waals surface area contributed by atoms with E-state index < -0.39 is 5.69 Å². The van der Waals surface area contributed by atoms with Crippen LogP contribution < -0.4 is 11.2 Å². The summed E-state index contributed by atoms with van der Waals surface area (Å²) in [7, 11) is 0. The van der Waals surface area contributed by atoms with Crippen LogP contribution in [-0.4, -0.2) is 14.5 Å². The number of hydrogen-bond donors (Lipinski definition) is 2. The number of nitrogens with one attached hydrogen (secondary N) is 2. The minimum atomic E-state index is -0.499. The Balaban J connectivity index is 1.64. The zero-order valence-electron chi connectivity index (χ0n) is 17.3. The molecule has 0 saturated heterocycles. The highest BCUT2D eigenvalue weighted by atomic mass is 16.2. The van der Waals surface area contributed by atoms with E-state index in [1.54, 1.807) is 6.07 Å². The van der Waals surface area contributed by atoms with E-state index in [0.29, 0.717) is 10.9 Å². The van der Waals surface area contributed by atoms with E-state index in [-0.39, 0.29) is 5.56 Å². The normalized spacial score (nSPS) is 11.5. The molecule has 6 aromatic rings. The van der Waals surface area contributed by atoms with E-state index in [1.165, 1.54) is 10.9 Å². The Hall–Kier alpha value is -4.38. The third-order valence-electron chi connectivity index (χ3n) is 6.01. The fraction of sp³-hybridized carbons (Fsp3) is 0.0370. The van der Waals surface area contributed by atoms with Gasteiger partial charge in [0.15, 0.2) is 0 Å². The second-order valence-corrected chi connectivity index (χ2v) is 8.09. The van der Waals surface area contributed by atoms with Gasteiger partial charge in [0.2, 0.25) is 0 Å². The van der Waals surface area contributed by atoms with Gasteiger partial charge in [0, 0.05) is 16.5 Å². The van der Waals surface area contributed by atoms with Crippen molar-refractivity contribution in [3.8, 4) is 16.8 Å². The number of aromatic nitrogens is 3. The molecule has 0 spiro atoms. The van der Waals surface area contributed by atoms with E-state index in [4.69, 9.17) is 0 Å². The summed E-state index contributed by atoms with van der Waals surface area (Å²) < 4.78 is 2.28. The number of benzene rings is 4. The lowest BCUT2D eigenvalue weighted by molar-refractivity contribution is 1.08. The molecule has 154 valence electrons. The van der Waals surface area contributed by atoms with Crippen molar-refractivity contribution in [2.75, 3.05) is 0 Å². The lowest BCUT2D eigenvalue weighted by Gasteiger charge is -2.08. The molecule has 2 N–H and O–H groups in total. The van der Waals surface area contributed by atoms with Gasteiger partial charge in [0.25, 0.3) is 5.56 Å². The summed E-state index contributed by atoms with van der Waals surface area (Å²) in [5.41, 5.74) is 6.18. The molecule has 0 saturated carbocycles. The third-order valence-corrected chi connectivity index (χ3v) is 6.01. The number of aromatic amines is 2. The van der Waals surface area contributed by atoms with Crippen LogP contribution in [-0.2, 0) is 0 Å². The average Bonchev–Trinajstić information content (AvgIpc) is 3.12. The molecule has 0 fully saturated rings. The van der Waals surface area contributed by atoms with Crippen molar-refractivity contribution in [3.05, 3.63) is 111 Å². The van der Waals surface area contributed by atoms with Crippen molar-refractivity contribution in [2.24, 2.45) is 0 Å². The number of para-hydroxylation sites is 1. The largest absolute Gasteiger partial charge is 0.326 e. The molecular formula is C27H19N3O2. The molecule has 0 radical (unpaired) electrons. The molecule has 0 aliphatic heterocycles. The van der Waals surface area contributed by atoms with Gasteiger partial charge in [-0.15, -0.1) is 0 Å². The van der Waals surface area contributed by atoms with Gasteiger partial charge in [0.05, 0.1) is 21.9 Å². The van der Waals surface area contributed by atoms with E-state index >= 15 is 0 Å². The summed E-state index contributed by atoms with van der Waals surface area (Å²) >= 11 is 0. The number of nitrogens with zero attached hydrogens (tertiary/aromatic N) is 1. The molecule has 4 aromatic carbocycles. The first-order valence-electron chi connectivity index (χ1n) is 10.5. The van der Waals surface area contributed by atoms with Crippen LogP contribution in [0.4, 0.5) is 0 Å². The zero-order valence-corrected chi connectivity index (χ0v) is 17.3. The highest BCUT2D eigenvalue weighted by Crippen LogP contribution is 2.35. The van der Waals surface area contributed by atoms with Crippen LogP contribution in [0.25, 0.3) is 49.5 Å². The van der Waals surface area contributed by atoms with Crippen LogP contribution in [0.5, 0.6) is 0 Å². The predicted octanol–water partition coefficient (Wildman–Crippen LogP) is 5.29. The van der Waals surface area contributed by atoms with Crippen molar-refractivity contribution >= 4 is 32.7 Å². The van der Waals surface area contributed by atoms with Gasteiger partial charge in [-0.1, -0.05) is 42.0 Å². The molecule has 0 aliphatic rings. The van der Waals surface area contributed by atoms with Crippen molar-refractivity contribution in [3.63, 3.8) is 0 Å². The van der Waals surface area contributed by atoms with E-state index in [2.05, 4.69) is 70.0 Å². The topological polar surface area (TPSA) is 70.7 Å². The Labute approximate surface area is 182 Å². The second kappa shape index (κ2) is 6.82.